The molecule has 0 aliphatic carbocycles. The summed E-state index contributed by atoms with van der Waals surface area (Å²) in [6.45, 7) is 5.41. The number of carbonyl (C=O) groups is 4. The van der Waals surface area contributed by atoms with Crippen LogP contribution in [0.15, 0.2) is 54.6 Å². The normalized spacial score (nSPS) is 12.1. The van der Waals surface area contributed by atoms with Crippen LogP contribution in [0, 0.1) is 0 Å². The second-order valence-corrected chi connectivity index (χ2v) is 8.03. The minimum atomic E-state index is -1.05. The summed E-state index contributed by atoms with van der Waals surface area (Å²) in [7, 11) is 0. The van der Waals surface area contributed by atoms with Crippen molar-refractivity contribution in [3.8, 4) is 5.75 Å². The maximum Gasteiger partial charge on any atom is 0.328 e. The van der Waals surface area contributed by atoms with Crippen LogP contribution in [-0.2, 0) is 41.7 Å². The summed E-state index contributed by atoms with van der Waals surface area (Å²) in [5, 5.41) is 5.24. The molecule has 0 bridgehead atoms. The van der Waals surface area contributed by atoms with Crippen LogP contribution in [0.5, 0.6) is 5.75 Å². The van der Waals surface area contributed by atoms with Gasteiger partial charge in [0.25, 0.3) is 0 Å². The molecule has 0 fully saturated rings. The first-order chi connectivity index (χ1) is 17.3. The Hall–Kier alpha value is -3.88. The lowest BCUT2D eigenvalue weighted by Crippen LogP contribution is -2.52. The number of nitrogens with one attached hydrogen (secondary N) is 2. The molecule has 0 saturated carbocycles. The van der Waals surface area contributed by atoms with Crippen LogP contribution in [0.4, 0.5) is 0 Å². The van der Waals surface area contributed by atoms with Gasteiger partial charge in [-0.15, -0.1) is 0 Å². The van der Waals surface area contributed by atoms with E-state index in [0.29, 0.717) is 12.4 Å². The van der Waals surface area contributed by atoms with Crippen molar-refractivity contribution in [1.29, 1.82) is 0 Å². The molecular weight excluding hydrogens is 464 g/mol. The van der Waals surface area contributed by atoms with Gasteiger partial charge in [-0.3, -0.25) is 14.4 Å². The zero-order valence-corrected chi connectivity index (χ0v) is 21.0. The highest BCUT2D eigenvalue weighted by Crippen LogP contribution is 2.16. The van der Waals surface area contributed by atoms with Gasteiger partial charge in [-0.2, -0.15) is 0 Å². The van der Waals surface area contributed by atoms with E-state index in [0.717, 1.165) is 11.1 Å². The SMILES string of the molecule is CCOC(=O)CC[C@@H](NC(=O)[C@@H](Cc1ccc(OCc2ccccc2)cc1)NC(C)=O)C(=O)OCC. The lowest BCUT2D eigenvalue weighted by atomic mass is 10.0. The highest BCUT2D eigenvalue weighted by atomic mass is 16.5. The Bertz CT molecular complexity index is 993. The molecule has 2 atom stereocenters. The van der Waals surface area contributed by atoms with Gasteiger partial charge < -0.3 is 24.8 Å². The summed E-state index contributed by atoms with van der Waals surface area (Å²) in [5.74, 6) is -1.41. The Morgan fingerprint density at radius 2 is 1.47 bits per heavy atom. The van der Waals surface area contributed by atoms with E-state index in [2.05, 4.69) is 10.6 Å². The quantitative estimate of drug-likeness (QED) is 0.384. The number of benzene rings is 2. The fourth-order valence-electron chi connectivity index (χ4n) is 3.41. The largest absolute Gasteiger partial charge is 0.489 e. The average Bonchev–Trinajstić information content (AvgIpc) is 2.86. The molecule has 36 heavy (non-hydrogen) atoms. The van der Waals surface area contributed by atoms with Gasteiger partial charge in [-0.1, -0.05) is 42.5 Å². The third-order valence-electron chi connectivity index (χ3n) is 5.14. The van der Waals surface area contributed by atoms with Crippen LogP contribution in [0.25, 0.3) is 0 Å². The Labute approximate surface area is 211 Å². The van der Waals surface area contributed by atoms with Gasteiger partial charge >= 0.3 is 11.9 Å². The van der Waals surface area contributed by atoms with E-state index < -0.39 is 35.8 Å². The molecular formula is C27H34N2O7. The predicted octanol–water partition coefficient (Wildman–Crippen LogP) is 2.70. The average molecular weight is 499 g/mol. The molecule has 2 aromatic rings. The number of esters is 2. The third-order valence-corrected chi connectivity index (χ3v) is 5.14. The van der Waals surface area contributed by atoms with E-state index in [1.54, 1.807) is 26.0 Å². The van der Waals surface area contributed by atoms with Crippen LogP contribution < -0.4 is 15.4 Å². The molecule has 0 radical (unpaired) electrons. The lowest BCUT2D eigenvalue weighted by molar-refractivity contribution is -0.149. The van der Waals surface area contributed by atoms with Gasteiger partial charge in [0.2, 0.25) is 11.8 Å². The second kappa shape index (κ2) is 15.2. The summed E-state index contributed by atoms with van der Waals surface area (Å²) < 4.78 is 15.7. The van der Waals surface area contributed by atoms with Crippen molar-refractivity contribution in [3.05, 3.63) is 65.7 Å². The molecule has 0 spiro atoms. The molecule has 9 nitrogen and oxygen atoms in total. The third kappa shape index (κ3) is 10.2. The number of amides is 2. The zero-order valence-electron chi connectivity index (χ0n) is 21.0. The molecule has 0 aliphatic rings. The number of ether oxygens (including phenoxy) is 3. The standard InChI is InChI=1S/C27H34N2O7/c1-4-34-25(31)16-15-23(27(33)35-5-2)29-26(32)24(28-19(3)30)17-20-11-13-22(14-12-20)36-18-21-9-7-6-8-10-21/h6-14,23-24H,4-5,15-18H2,1-3H3,(H,28,30)(H,29,32)/t23-,24-/m1/s1. The lowest BCUT2D eigenvalue weighted by Gasteiger charge is -2.22. The van der Waals surface area contributed by atoms with E-state index in [-0.39, 0.29) is 32.5 Å². The number of hydrogen-bond donors (Lipinski definition) is 2. The van der Waals surface area contributed by atoms with Crippen molar-refractivity contribution in [3.63, 3.8) is 0 Å². The van der Waals surface area contributed by atoms with E-state index in [1.807, 2.05) is 42.5 Å². The van der Waals surface area contributed by atoms with Gasteiger partial charge in [-0.25, -0.2) is 4.79 Å². The topological polar surface area (TPSA) is 120 Å². The Kier molecular flexibility index (Phi) is 12.0. The second-order valence-electron chi connectivity index (χ2n) is 8.03. The van der Waals surface area contributed by atoms with Gasteiger partial charge in [0.05, 0.1) is 13.2 Å². The molecule has 2 N–H and O–H groups in total. The molecule has 0 heterocycles. The minimum Gasteiger partial charge on any atom is -0.489 e. The first-order valence-corrected chi connectivity index (χ1v) is 12.0. The van der Waals surface area contributed by atoms with Crippen molar-refractivity contribution in [2.45, 2.75) is 58.7 Å². The van der Waals surface area contributed by atoms with Crippen molar-refractivity contribution in [2.75, 3.05) is 13.2 Å². The fraction of sp³-hybridized carbons (Fsp3) is 0.407. The first kappa shape index (κ1) is 28.4. The summed E-state index contributed by atoms with van der Waals surface area (Å²) in [6.07, 6.45) is 0.147. The zero-order chi connectivity index (χ0) is 26.3. The van der Waals surface area contributed by atoms with Crippen LogP contribution in [0.2, 0.25) is 0 Å². The number of rotatable bonds is 14. The van der Waals surface area contributed by atoms with Crippen molar-refractivity contribution in [2.24, 2.45) is 0 Å². The van der Waals surface area contributed by atoms with Gasteiger partial charge in [0.15, 0.2) is 0 Å². The first-order valence-electron chi connectivity index (χ1n) is 12.0. The molecule has 0 aromatic heterocycles. The predicted molar refractivity (Wildman–Crippen MR) is 133 cm³/mol. The highest BCUT2D eigenvalue weighted by Gasteiger charge is 2.28. The molecule has 2 aromatic carbocycles. The van der Waals surface area contributed by atoms with Crippen LogP contribution in [-0.4, -0.2) is 49.1 Å². The van der Waals surface area contributed by atoms with Crippen LogP contribution >= 0.6 is 0 Å². The number of carbonyl (C=O) groups excluding carboxylic acids is 4. The van der Waals surface area contributed by atoms with E-state index >= 15 is 0 Å². The Balaban J connectivity index is 2.03. The smallest absolute Gasteiger partial charge is 0.328 e. The molecule has 0 unspecified atom stereocenters. The van der Waals surface area contributed by atoms with Gasteiger partial charge in [0.1, 0.15) is 24.4 Å². The van der Waals surface area contributed by atoms with Crippen molar-refractivity contribution in [1.82, 2.24) is 10.6 Å². The van der Waals surface area contributed by atoms with Gasteiger partial charge in [-0.05, 0) is 43.5 Å². The minimum absolute atomic E-state index is 0.0175. The molecule has 194 valence electrons. The van der Waals surface area contributed by atoms with E-state index in [1.165, 1.54) is 6.92 Å². The van der Waals surface area contributed by atoms with Crippen LogP contribution in [0.3, 0.4) is 0 Å². The van der Waals surface area contributed by atoms with Crippen molar-refractivity contribution < 1.29 is 33.4 Å². The fourth-order valence-corrected chi connectivity index (χ4v) is 3.41. The summed E-state index contributed by atoms with van der Waals surface area (Å²) >= 11 is 0. The molecule has 2 amide bonds. The highest BCUT2D eigenvalue weighted by molar-refractivity contribution is 5.90. The van der Waals surface area contributed by atoms with E-state index in [9.17, 15) is 19.2 Å². The molecule has 2 rings (SSSR count). The molecule has 0 saturated heterocycles. The number of hydrogen-bond acceptors (Lipinski definition) is 7. The van der Waals surface area contributed by atoms with E-state index in [4.69, 9.17) is 14.2 Å². The monoisotopic (exact) mass is 498 g/mol. The van der Waals surface area contributed by atoms with Crippen LogP contribution in [0.1, 0.15) is 44.7 Å². The summed E-state index contributed by atoms with van der Waals surface area (Å²) in [4.78, 5) is 48.9. The Morgan fingerprint density at radius 3 is 2.08 bits per heavy atom. The molecule has 0 aliphatic heterocycles. The maximum absolute atomic E-state index is 13.0. The van der Waals surface area contributed by atoms with Crippen molar-refractivity contribution >= 4 is 23.8 Å². The summed E-state index contributed by atoms with van der Waals surface area (Å²) in [6, 6.07) is 15.0. The van der Waals surface area contributed by atoms with Gasteiger partial charge in [0, 0.05) is 19.8 Å². The molecule has 9 heteroatoms. The maximum atomic E-state index is 13.0. The summed E-state index contributed by atoms with van der Waals surface area (Å²) in [5.41, 5.74) is 1.83. The Morgan fingerprint density at radius 1 is 0.806 bits per heavy atom.